The van der Waals surface area contributed by atoms with Gasteiger partial charge in [0.15, 0.2) is 0 Å². The van der Waals surface area contributed by atoms with E-state index in [1.165, 1.54) is 44.4 Å². The molecule has 1 saturated heterocycles. The van der Waals surface area contributed by atoms with Crippen LogP contribution in [0.15, 0.2) is 35.3 Å². The Labute approximate surface area is 282 Å². The monoisotopic (exact) mass is 699 g/mol. The molecule has 4 rings (SSSR count). The van der Waals surface area contributed by atoms with Gasteiger partial charge in [0.2, 0.25) is 0 Å². The van der Waals surface area contributed by atoms with Gasteiger partial charge < -0.3 is 0 Å². The number of anilines is 1. The van der Waals surface area contributed by atoms with Crippen LogP contribution in [0.1, 0.15) is 108 Å². The predicted octanol–water partition coefficient (Wildman–Crippen LogP) is 6.99. The number of carbonyl (C=O) groups is 1. The first-order valence-electron chi connectivity index (χ1n) is 17.3. The summed E-state index contributed by atoms with van der Waals surface area (Å²) in [5, 5.41) is 0. The third-order valence-corrected chi connectivity index (χ3v) is 10.4. The Morgan fingerprint density at radius 1 is 1.15 bits per heavy atom. The van der Waals surface area contributed by atoms with Crippen molar-refractivity contribution in [1.82, 2.24) is 9.55 Å². The molecule has 3 atom stereocenters. The molecule has 2 aromatic rings. The fraction of sp³-hybridized carbons (Fsp3) is 0.676. The van der Waals surface area contributed by atoms with E-state index in [4.69, 9.17) is 28.8 Å². The Morgan fingerprint density at radius 2 is 1.85 bits per heavy atom. The van der Waals surface area contributed by atoms with Crippen molar-refractivity contribution in [2.45, 2.75) is 122 Å². The number of para-hydroxylation sites is 1. The molecular formula is C34H52F2N3O8P. The van der Waals surface area contributed by atoms with E-state index in [0.717, 1.165) is 35.8 Å². The maximum absolute atomic E-state index is 16.4. The molecule has 0 radical (unpaired) electrons. The molecule has 3 unspecified atom stereocenters. The molecule has 2 aliphatic heterocycles. The molecule has 14 heteroatoms. The molecule has 0 saturated carbocycles. The van der Waals surface area contributed by atoms with Crippen molar-refractivity contribution in [3.05, 3.63) is 52.1 Å². The molecule has 0 spiro atoms. The van der Waals surface area contributed by atoms with Gasteiger partial charge in [-0.05, 0) is 0 Å². The number of ether oxygens (including phenoxy) is 2. The summed E-state index contributed by atoms with van der Waals surface area (Å²) in [6.07, 6.45) is 10.3. The van der Waals surface area contributed by atoms with Gasteiger partial charge >= 0.3 is 243 Å². The van der Waals surface area contributed by atoms with Gasteiger partial charge in [0.25, 0.3) is 0 Å². The molecule has 1 aromatic carbocycles. The second-order valence-electron chi connectivity index (χ2n) is 12.9. The Kier molecular flexibility index (Phi) is 14.6. The first kappa shape index (κ1) is 38.1. The summed E-state index contributed by atoms with van der Waals surface area (Å²) in [7, 11) is -4.36. The third kappa shape index (κ3) is 11.2. The quantitative estimate of drug-likeness (QED) is 0.0843. The minimum absolute atomic E-state index is 0.00158. The molecule has 3 heterocycles. The number of benzene rings is 1. The molecule has 0 bridgehead atoms. The van der Waals surface area contributed by atoms with Gasteiger partial charge in [-0.3, -0.25) is 0 Å². The van der Waals surface area contributed by atoms with Crippen molar-refractivity contribution in [1.29, 1.82) is 0 Å². The zero-order chi connectivity index (χ0) is 34.6. The number of unbranched alkanes of at least 4 members (excludes halogenated alkanes) is 9. The summed E-state index contributed by atoms with van der Waals surface area (Å²) in [4.78, 5) is 41.0. The van der Waals surface area contributed by atoms with Crippen LogP contribution in [0.4, 0.5) is 14.6 Å². The van der Waals surface area contributed by atoms with E-state index in [-0.39, 0.29) is 25.5 Å². The number of fused-ring (bicyclic) bond motifs is 1. The number of aryl methyl sites for hydroxylation is 1. The molecule has 1 fully saturated rings. The average molecular weight is 700 g/mol. The van der Waals surface area contributed by atoms with Gasteiger partial charge in [0.05, 0.1) is 0 Å². The normalized spacial score (nSPS) is 19.2. The minimum atomic E-state index is -4.36. The van der Waals surface area contributed by atoms with Crippen LogP contribution in [-0.4, -0.2) is 52.3 Å². The van der Waals surface area contributed by atoms with Gasteiger partial charge in [-0.1, -0.05) is 39.0 Å². The molecule has 3 N–H and O–H groups in total. The van der Waals surface area contributed by atoms with Gasteiger partial charge in [-0.2, -0.15) is 0 Å². The Hall–Kier alpha value is -2.70. The molecular weight excluding hydrogens is 647 g/mol. The number of alkyl halides is 2. The number of hydrogen-bond acceptors (Lipinski definition) is 10. The van der Waals surface area contributed by atoms with Crippen molar-refractivity contribution in [2.75, 3.05) is 25.6 Å². The average Bonchev–Trinajstić information content (AvgIpc) is 3.56. The summed E-state index contributed by atoms with van der Waals surface area (Å²) in [5.74, 6) is -5.70. The summed E-state index contributed by atoms with van der Waals surface area (Å²) in [5.41, 5.74) is 6.21. The summed E-state index contributed by atoms with van der Waals surface area (Å²) in [6.45, 7) is 3.88. The number of hydrogen-bond donors (Lipinski definition) is 2. The predicted molar refractivity (Wildman–Crippen MR) is 180 cm³/mol. The zero-order valence-corrected chi connectivity index (χ0v) is 29.2. The van der Waals surface area contributed by atoms with E-state index >= 15 is 8.78 Å². The number of halogens is 2. The second kappa shape index (κ2) is 18.3. The van der Waals surface area contributed by atoms with Crippen molar-refractivity contribution >= 4 is 20.0 Å². The first-order chi connectivity index (χ1) is 23.0. The summed E-state index contributed by atoms with van der Waals surface area (Å²) >= 11 is 0. The van der Waals surface area contributed by atoms with E-state index in [0.29, 0.717) is 30.8 Å². The van der Waals surface area contributed by atoms with Crippen LogP contribution in [0.25, 0.3) is 0 Å². The molecule has 0 aliphatic carbocycles. The Morgan fingerprint density at radius 3 is 2.52 bits per heavy atom. The standard InChI is InChI=1S/C34H52F2N3O8P/c1-3-4-5-6-7-8-9-10-11-12-16-29(39-19-17-30(37)38-33(39)41)34(35,36)21-27(32(40)46-28-18-20-43-24-28)23-45-48(42)44-22-26-15-13-14-25(2)31(26)47-48/h13-15,17,19,27-29,42,48H,3-12,16,18,20-24H2,1-2H3,(H2,37,38,41). The van der Waals surface area contributed by atoms with E-state index < -0.39 is 56.8 Å². The van der Waals surface area contributed by atoms with Gasteiger partial charge in [0.1, 0.15) is 0 Å². The number of nitrogens with zero attached hydrogens (tertiary/aromatic N) is 2. The maximum atomic E-state index is 16.4. The summed E-state index contributed by atoms with van der Waals surface area (Å²) in [6, 6.07) is 5.10. The van der Waals surface area contributed by atoms with Gasteiger partial charge in [0, 0.05) is 0 Å². The van der Waals surface area contributed by atoms with Gasteiger partial charge in [-0.25, -0.2) is 0 Å². The van der Waals surface area contributed by atoms with E-state index in [2.05, 4.69) is 11.9 Å². The van der Waals surface area contributed by atoms with Crippen molar-refractivity contribution < 1.29 is 41.5 Å². The molecule has 48 heavy (non-hydrogen) atoms. The number of nitrogens with two attached hydrogens (primary N) is 1. The van der Waals surface area contributed by atoms with Crippen molar-refractivity contribution in [3.63, 3.8) is 0 Å². The third-order valence-electron chi connectivity index (χ3n) is 8.93. The van der Waals surface area contributed by atoms with E-state index in [1.54, 1.807) is 19.1 Å². The van der Waals surface area contributed by atoms with Crippen LogP contribution in [-0.2, 0) is 29.9 Å². The molecule has 2 aliphatic rings. The van der Waals surface area contributed by atoms with E-state index in [1.807, 2.05) is 6.07 Å². The molecule has 270 valence electrons. The first-order valence-corrected chi connectivity index (χ1v) is 19.0. The topological polar surface area (TPSA) is 144 Å². The van der Waals surface area contributed by atoms with Crippen LogP contribution in [0, 0.1) is 12.8 Å². The van der Waals surface area contributed by atoms with Crippen LogP contribution in [0.5, 0.6) is 5.75 Å². The number of esters is 1. The SMILES string of the molecule is CCCCCCCCCCCCC(n1ccc(N)nc1=O)C(F)(F)CC(CO[PH]1(O)OCc2cccc(C)c2O1)C(=O)OC1CCOC1. The van der Waals surface area contributed by atoms with E-state index in [9.17, 15) is 14.5 Å². The summed E-state index contributed by atoms with van der Waals surface area (Å²) < 4.78 is 61.5. The van der Waals surface area contributed by atoms with Crippen LogP contribution < -0.4 is 15.9 Å². The fourth-order valence-corrected chi connectivity index (χ4v) is 7.66. The second-order valence-corrected chi connectivity index (χ2v) is 14.7. The number of aromatic nitrogens is 2. The van der Waals surface area contributed by atoms with Gasteiger partial charge in [-0.15, -0.1) is 0 Å². The van der Waals surface area contributed by atoms with Crippen LogP contribution in [0.2, 0.25) is 0 Å². The number of rotatable bonds is 20. The number of nitrogen functional groups attached to an aromatic ring is 1. The Bertz CT molecular complexity index is 1380. The molecule has 1 aromatic heterocycles. The molecule has 11 nitrogen and oxygen atoms in total. The fourth-order valence-electron chi connectivity index (χ4n) is 6.16. The van der Waals surface area contributed by atoms with Crippen LogP contribution in [0.3, 0.4) is 0 Å². The number of carbonyl (C=O) groups excluding carboxylic acids is 1. The van der Waals surface area contributed by atoms with Crippen molar-refractivity contribution in [2.24, 2.45) is 5.92 Å². The van der Waals surface area contributed by atoms with Crippen molar-refractivity contribution in [3.8, 4) is 5.75 Å². The molecule has 0 amide bonds. The zero-order valence-electron chi connectivity index (χ0n) is 28.2. The Balaban J connectivity index is 1.46. The van der Waals surface area contributed by atoms with Crippen LogP contribution >= 0.6 is 8.17 Å².